The number of hydrogen-bond acceptors (Lipinski definition) is 4. The van der Waals surface area contributed by atoms with E-state index in [1.54, 1.807) is 30.3 Å². The van der Waals surface area contributed by atoms with Gasteiger partial charge < -0.3 is 20.7 Å². The van der Waals surface area contributed by atoms with Gasteiger partial charge in [-0.25, -0.2) is 0 Å². The number of carbonyl (C=O) groups excluding carboxylic acids is 2. The van der Waals surface area contributed by atoms with Crippen LogP contribution in [0.25, 0.3) is 0 Å². The summed E-state index contributed by atoms with van der Waals surface area (Å²) in [6, 6.07) is 14.2. The van der Waals surface area contributed by atoms with Gasteiger partial charge in [-0.1, -0.05) is 24.8 Å². The number of nitrogens with one attached hydrogen (secondary N) is 3. The predicted molar refractivity (Wildman–Crippen MR) is 113 cm³/mol. The smallest absolute Gasteiger partial charge is 0.251 e. The molecule has 0 aliphatic carbocycles. The van der Waals surface area contributed by atoms with Gasteiger partial charge in [-0.05, 0) is 57.2 Å². The molecule has 0 atom stereocenters. The van der Waals surface area contributed by atoms with Crippen LogP contribution in [0.15, 0.2) is 61.2 Å². The number of hydrogen-bond donors (Lipinski definition) is 3. The van der Waals surface area contributed by atoms with Crippen molar-refractivity contribution in [2.75, 3.05) is 23.8 Å². The molecule has 0 heterocycles. The van der Waals surface area contributed by atoms with Crippen molar-refractivity contribution >= 4 is 23.2 Å². The third-order valence-corrected chi connectivity index (χ3v) is 3.60. The number of carbonyl (C=O) groups is 2. The standard InChI is InChI=1S/C22H27N3O3/c1-5-14-28-19-9-7-6-8-18(19)23-15-20(26)24-17-12-10-16(11-13-17)21(27)25-22(2,3)4/h5-13,23H,1,14-15H2,2-4H3,(H,24,26)(H,25,27). The first kappa shape index (κ1) is 21.0. The van der Waals surface area contributed by atoms with Crippen molar-refractivity contribution in [1.82, 2.24) is 5.32 Å². The van der Waals surface area contributed by atoms with Crippen molar-refractivity contribution in [3.8, 4) is 5.75 Å². The molecule has 2 aromatic carbocycles. The highest BCUT2D eigenvalue weighted by molar-refractivity contribution is 5.97. The van der Waals surface area contributed by atoms with Crippen molar-refractivity contribution in [2.24, 2.45) is 0 Å². The fourth-order valence-corrected chi connectivity index (χ4v) is 2.39. The van der Waals surface area contributed by atoms with E-state index in [4.69, 9.17) is 4.74 Å². The van der Waals surface area contributed by atoms with Gasteiger partial charge >= 0.3 is 0 Å². The summed E-state index contributed by atoms with van der Waals surface area (Å²) in [5, 5.41) is 8.76. The number of rotatable bonds is 8. The molecule has 2 aromatic rings. The second-order valence-corrected chi connectivity index (χ2v) is 7.28. The van der Waals surface area contributed by atoms with Crippen LogP contribution >= 0.6 is 0 Å². The van der Waals surface area contributed by atoms with E-state index in [1.807, 2.05) is 45.0 Å². The second-order valence-electron chi connectivity index (χ2n) is 7.28. The lowest BCUT2D eigenvalue weighted by molar-refractivity contribution is -0.114. The zero-order chi connectivity index (χ0) is 20.6. The van der Waals surface area contributed by atoms with E-state index in [-0.39, 0.29) is 23.9 Å². The molecule has 2 rings (SSSR count). The predicted octanol–water partition coefficient (Wildman–Crippen LogP) is 3.83. The van der Waals surface area contributed by atoms with Crippen molar-refractivity contribution in [3.63, 3.8) is 0 Å². The Labute approximate surface area is 166 Å². The minimum atomic E-state index is -0.304. The first-order valence-corrected chi connectivity index (χ1v) is 9.07. The first-order chi connectivity index (χ1) is 13.3. The maximum absolute atomic E-state index is 12.2. The number of para-hydroxylation sites is 2. The van der Waals surface area contributed by atoms with Gasteiger partial charge in [0, 0.05) is 16.8 Å². The van der Waals surface area contributed by atoms with Crippen LogP contribution in [-0.4, -0.2) is 30.5 Å². The molecule has 6 heteroatoms. The van der Waals surface area contributed by atoms with E-state index in [0.29, 0.717) is 23.6 Å². The molecule has 0 saturated heterocycles. The van der Waals surface area contributed by atoms with Gasteiger partial charge in [-0.3, -0.25) is 9.59 Å². The Hall–Kier alpha value is -3.28. The molecule has 0 aliphatic heterocycles. The lowest BCUT2D eigenvalue weighted by Gasteiger charge is -2.20. The highest BCUT2D eigenvalue weighted by atomic mass is 16.5. The SMILES string of the molecule is C=CCOc1ccccc1NCC(=O)Nc1ccc(C(=O)NC(C)(C)C)cc1. The molecule has 3 N–H and O–H groups in total. The maximum Gasteiger partial charge on any atom is 0.251 e. The molecule has 28 heavy (non-hydrogen) atoms. The summed E-state index contributed by atoms with van der Waals surface area (Å²) >= 11 is 0. The fourth-order valence-electron chi connectivity index (χ4n) is 2.39. The molecule has 0 aliphatic rings. The minimum Gasteiger partial charge on any atom is -0.487 e. The Morgan fingerprint density at radius 2 is 1.75 bits per heavy atom. The number of benzene rings is 2. The van der Waals surface area contributed by atoms with E-state index in [2.05, 4.69) is 22.5 Å². The molecule has 0 unspecified atom stereocenters. The van der Waals surface area contributed by atoms with Crippen molar-refractivity contribution in [3.05, 3.63) is 66.7 Å². The Morgan fingerprint density at radius 3 is 2.39 bits per heavy atom. The van der Waals surface area contributed by atoms with E-state index in [9.17, 15) is 9.59 Å². The summed E-state index contributed by atoms with van der Waals surface area (Å²) in [5.74, 6) is 0.304. The van der Waals surface area contributed by atoms with Crippen LogP contribution in [0.5, 0.6) is 5.75 Å². The monoisotopic (exact) mass is 381 g/mol. The summed E-state index contributed by atoms with van der Waals surface area (Å²) in [6.07, 6.45) is 1.66. The molecule has 0 saturated carbocycles. The zero-order valence-corrected chi connectivity index (χ0v) is 16.5. The lowest BCUT2D eigenvalue weighted by Crippen LogP contribution is -2.40. The van der Waals surface area contributed by atoms with Crippen molar-refractivity contribution in [2.45, 2.75) is 26.3 Å². The van der Waals surface area contributed by atoms with Crippen LogP contribution in [0.1, 0.15) is 31.1 Å². The molecule has 0 radical (unpaired) electrons. The molecule has 0 spiro atoms. The Morgan fingerprint density at radius 1 is 1.07 bits per heavy atom. The van der Waals surface area contributed by atoms with E-state index >= 15 is 0 Å². The average Bonchev–Trinajstić information content (AvgIpc) is 2.64. The summed E-state index contributed by atoms with van der Waals surface area (Å²) in [5.41, 5.74) is 1.59. The first-order valence-electron chi connectivity index (χ1n) is 9.07. The molecule has 148 valence electrons. The third-order valence-electron chi connectivity index (χ3n) is 3.60. The third kappa shape index (κ3) is 6.79. The Bertz CT molecular complexity index is 824. The lowest BCUT2D eigenvalue weighted by atomic mass is 10.1. The maximum atomic E-state index is 12.2. The van der Waals surface area contributed by atoms with E-state index < -0.39 is 0 Å². The van der Waals surface area contributed by atoms with Gasteiger partial charge in [0.2, 0.25) is 5.91 Å². The van der Waals surface area contributed by atoms with Gasteiger partial charge in [0.25, 0.3) is 5.91 Å². The number of anilines is 2. The number of ether oxygens (including phenoxy) is 1. The van der Waals surface area contributed by atoms with E-state index in [1.165, 1.54) is 0 Å². The summed E-state index contributed by atoms with van der Waals surface area (Å²) < 4.78 is 5.56. The van der Waals surface area contributed by atoms with Crippen LogP contribution in [0.2, 0.25) is 0 Å². The molecule has 0 bridgehead atoms. The van der Waals surface area contributed by atoms with Crippen LogP contribution in [0.3, 0.4) is 0 Å². The highest BCUT2D eigenvalue weighted by Crippen LogP contribution is 2.23. The highest BCUT2D eigenvalue weighted by Gasteiger charge is 2.15. The average molecular weight is 381 g/mol. The topological polar surface area (TPSA) is 79.5 Å². The molecule has 2 amide bonds. The van der Waals surface area contributed by atoms with Crippen LogP contribution in [-0.2, 0) is 4.79 Å². The van der Waals surface area contributed by atoms with Crippen LogP contribution in [0.4, 0.5) is 11.4 Å². The second kappa shape index (κ2) is 9.60. The Balaban J connectivity index is 1.90. The number of amides is 2. The summed E-state index contributed by atoms with van der Waals surface area (Å²) in [4.78, 5) is 24.3. The van der Waals surface area contributed by atoms with Gasteiger partial charge in [-0.2, -0.15) is 0 Å². The van der Waals surface area contributed by atoms with E-state index in [0.717, 1.165) is 5.69 Å². The minimum absolute atomic E-state index is 0.0841. The largest absolute Gasteiger partial charge is 0.487 e. The van der Waals surface area contributed by atoms with Gasteiger partial charge in [-0.15, -0.1) is 0 Å². The quantitative estimate of drug-likeness (QED) is 0.607. The van der Waals surface area contributed by atoms with Crippen molar-refractivity contribution < 1.29 is 14.3 Å². The molecule has 0 fully saturated rings. The Kier molecular flexibility index (Phi) is 7.21. The van der Waals surface area contributed by atoms with Crippen LogP contribution < -0.4 is 20.7 Å². The van der Waals surface area contributed by atoms with Gasteiger partial charge in [0.1, 0.15) is 12.4 Å². The zero-order valence-electron chi connectivity index (χ0n) is 16.5. The summed E-state index contributed by atoms with van der Waals surface area (Å²) in [7, 11) is 0. The molecule has 0 aromatic heterocycles. The molecular formula is C22H27N3O3. The van der Waals surface area contributed by atoms with Gasteiger partial charge in [0.05, 0.1) is 12.2 Å². The summed E-state index contributed by atoms with van der Waals surface area (Å²) in [6.45, 7) is 9.87. The van der Waals surface area contributed by atoms with Gasteiger partial charge in [0.15, 0.2) is 0 Å². The van der Waals surface area contributed by atoms with Crippen molar-refractivity contribution in [1.29, 1.82) is 0 Å². The molecule has 6 nitrogen and oxygen atoms in total. The van der Waals surface area contributed by atoms with Crippen LogP contribution in [0, 0.1) is 0 Å². The molecular weight excluding hydrogens is 354 g/mol. The normalized spacial score (nSPS) is 10.7. The fraction of sp³-hybridized carbons (Fsp3) is 0.273.